The number of hydrogen-bond donors (Lipinski definition) is 0. The maximum atomic E-state index is 13.5. The smallest absolute Gasteiger partial charge is 0.282 e. The van der Waals surface area contributed by atoms with Crippen LogP contribution in [0.4, 0.5) is 5.69 Å². The molecule has 0 atom stereocenters. The van der Waals surface area contributed by atoms with E-state index < -0.39 is 0 Å². The number of likely N-dealkylation sites (tertiary alicyclic amines) is 1. The number of nitrogens with zero attached hydrogens (tertiary/aromatic N) is 2. The van der Waals surface area contributed by atoms with Gasteiger partial charge in [0.15, 0.2) is 0 Å². The van der Waals surface area contributed by atoms with Gasteiger partial charge in [-0.05, 0) is 62.4 Å². The fourth-order valence-electron chi connectivity index (χ4n) is 4.08. The summed E-state index contributed by atoms with van der Waals surface area (Å²) < 4.78 is 0. The van der Waals surface area contributed by atoms with Gasteiger partial charge < -0.3 is 4.90 Å². The third-order valence-corrected chi connectivity index (χ3v) is 5.71. The number of imide groups is 1. The van der Waals surface area contributed by atoms with Crippen LogP contribution in [0.15, 0.2) is 48.2 Å². The zero-order chi connectivity index (χ0) is 19.8. The summed E-state index contributed by atoms with van der Waals surface area (Å²) in [5.74, 6) is -0.497. The molecule has 2 aromatic rings. The highest BCUT2D eigenvalue weighted by atomic mass is 35.5. The van der Waals surface area contributed by atoms with Crippen molar-refractivity contribution in [1.82, 2.24) is 4.90 Å². The number of benzene rings is 2. The molecule has 0 unspecified atom stereocenters. The Bertz CT molecular complexity index is 973. The summed E-state index contributed by atoms with van der Waals surface area (Å²) in [5, 5.41) is 0.604. The zero-order valence-corrected chi connectivity index (χ0v) is 16.9. The molecule has 0 N–H and O–H groups in total. The van der Waals surface area contributed by atoms with Crippen molar-refractivity contribution in [2.45, 2.75) is 33.1 Å². The molecule has 0 aromatic heterocycles. The van der Waals surface area contributed by atoms with Gasteiger partial charge in [-0.2, -0.15) is 0 Å². The van der Waals surface area contributed by atoms with Gasteiger partial charge in [-0.1, -0.05) is 41.4 Å². The van der Waals surface area contributed by atoms with Crippen molar-refractivity contribution in [3.63, 3.8) is 0 Å². The van der Waals surface area contributed by atoms with E-state index in [1.54, 1.807) is 12.1 Å². The normalized spacial score (nSPS) is 17.7. The summed E-state index contributed by atoms with van der Waals surface area (Å²) in [7, 11) is 0. The summed E-state index contributed by atoms with van der Waals surface area (Å²) in [6.45, 7) is 5.53. The van der Waals surface area contributed by atoms with Crippen LogP contribution in [0.25, 0.3) is 5.57 Å². The van der Waals surface area contributed by atoms with Gasteiger partial charge in [-0.25, -0.2) is 4.90 Å². The number of rotatable bonds is 3. The Morgan fingerprint density at radius 3 is 2.18 bits per heavy atom. The predicted octanol–water partition coefficient (Wildman–Crippen LogP) is 4.73. The number of piperidine rings is 1. The highest BCUT2D eigenvalue weighted by Crippen LogP contribution is 2.37. The second kappa shape index (κ2) is 7.44. The maximum absolute atomic E-state index is 13.5. The van der Waals surface area contributed by atoms with E-state index in [1.165, 1.54) is 4.90 Å². The quantitative estimate of drug-likeness (QED) is 0.707. The average molecular weight is 395 g/mol. The minimum absolute atomic E-state index is 0.233. The molecule has 0 saturated carbocycles. The molecule has 5 heteroatoms. The number of halogens is 1. The minimum atomic E-state index is -0.264. The molecule has 144 valence electrons. The number of carbonyl (C=O) groups excluding carboxylic acids is 2. The largest absolute Gasteiger partial charge is 0.366 e. The fourth-order valence-corrected chi connectivity index (χ4v) is 4.21. The predicted molar refractivity (Wildman–Crippen MR) is 112 cm³/mol. The summed E-state index contributed by atoms with van der Waals surface area (Å²) in [5.41, 5.74) is 4.39. The molecule has 1 saturated heterocycles. The second-order valence-electron chi connectivity index (χ2n) is 7.51. The van der Waals surface area contributed by atoms with E-state index in [2.05, 4.69) is 4.90 Å². The van der Waals surface area contributed by atoms with Crippen LogP contribution in [0.5, 0.6) is 0 Å². The first-order valence-electron chi connectivity index (χ1n) is 9.68. The molecule has 2 heterocycles. The number of hydrogen-bond acceptors (Lipinski definition) is 3. The lowest BCUT2D eigenvalue weighted by Crippen LogP contribution is -2.37. The van der Waals surface area contributed by atoms with Crippen molar-refractivity contribution in [2.24, 2.45) is 0 Å². The second-order valence-corrected chi connectivity index (χ2v) is 7.95. The Morgan fingerprint density at radius 1 is 0.857 bits per heavy atom. The molecule has 0 radical (unpaired) electrons. The molecular formula is C23H23ClN2O2. The van der Waals surface area contributed by atoms with Crippen LogP contribution >= 0.6 is 11.6 Å². The van der Waals surface area contributed by atoms with E-state index >= 15 is 0 Å². The van der Waals surface area contributed by atoms with Crippen molar-refractivity contribution in [3.8, 4) is 0 Å². The Morgan fingerprint density at radius 2 is 1.54 bits per heavy atom. The molecule has 28 heavy (non-hydrogen) atoms. The maximum Gasteiger partial charge on any atom is 0.282 e. The van der Waals surface area contributed by atoms with Crippen molar-refractivity contribution < 1.29 is 9.59 Å². The fraction of sp³-hybridized carbons (Fsp3) is 0.304. The number of carbonyl (C=O) groups is 2. The SMILES string of the molecule is Cc1ccc(N2C(=O)C(c3ccc(Cl)cc3)=C(N3CCCCC3)C2=O)c(C)c1. The number of aryl methyl sites for hydroxylation is 2. The molecular weight excluding hydrogens is 372 g/mol. The van der Waals surface area contributed by atoms with Crippen molar-refractivity contribution in [1.29, 1.82) is 0 Å². The Balaban J connectivity index is 1.84. The molecule has 1 fully saturated rings. The molecule has 4 rings (SSSR count). The van der Waals surface area contributed by atoms with Crippen LogP contribution in [0.2, 0.25) is 5.02 Å². The van der Waals surface area contributed by atoms with Crippen LogP contribution < -0.4 is 4.90 Å². The van der Waals surface area contributed by atoms with Crippen molar-refractivity contribution >= 4 is 34.7 Å². The first kappa shape index (κ1) is 18.8. The molecule has 2 amide bonds. The first-order chi connectivity index (χ1) is 13.5. The lowest BCUT2D eigenvalue weighted by Gasteiger charge is -2.29. The standard InChI is InChI=1S/C23H23ClN2O2/c1-15-6-11-19(16(2)14-15)26-22(27)20(17-7-9-18(24)10-8-17)21(23(26)28)25-12-4-3-5-13-25/h6-11,14H,3-5,12-13H2,1-2H3. The molecule has 0 aliphatic carbocycles. The van der Waals surface area contributed by atoms with Gasteiger partial charge >= 0.3 is 0 Å². The van der Waals surface area contributed by atoms with Gasteiger partial charge in [0.05, 0.1) is 11.3 Å². The van der Waals surface area contributed by atoms with Crippen molar-refractivity contribution in [3.05, 3.63) is 69.9 Å². The Kier molecular flexibility index (Phi) is 4.98. The van der Waals surface area contributed by atoms with E-state index in [-0.39, 0.29) is 11.8 Å². The molecule has 0 spiro atoms. The molecule has 4 nitrogen and oxygen atoms in total. The van der Waals surface area contributed by atoms with Gasteiger partial charge in [-0.15, -0.1) is 0 Å². The van der Waals surface area contributed by atoms with Crippen LogP contribution in [0.1, 0.15) is 36.0 Å². The van der Waals surface area contributed by atoms with Crippen molar-refractivity contribution in [2.75, 3.05) is 18.0 Å². The molecule has 2 aromatic carbocycles. The molecule has 2 aliphatic rings. The summed E-state index contributed by atoms with van der Waals surface area (Å²) >= 11 is 6.04. The van der Waals surface area contributed by atoms with Crippen LogP contribution in [-0.4, -0.2) is 29.8 Å². The van der Waals surface area contributed by atoms with Crippen LogP contribution in [0.3, 0.4) is 0 Å². The van der Waals surface area contributed by atoms with Gasteiger partial charge in [0, 0.05) is 18.1 Å². The Labute approximate surface area is 170 Å². The van der Waals surface area contributed by atoms with Gasteiger partial charge in [0.2, 0.25) is 0 Å². The summed E-state index contributed by atoms with van der Waals surface area (Å²) in [6.07, 6.45) is 3.22. The topological polar surface area (TPSA) is 40.6 Å². The highest BCUT2D eigenvalue weighted by molar-refractivity contribution is 6.45. The van der Waals surface area contributed by atoms with E-state index in [0.29, 0.717) is 22.0 Å². The first-order valence-corrected chi connectivity index (χ1v) is 10.1. The van der Waals surface area contributed by atoms with Crippen LogP contribution in [0, 0.1) is 13.8 Å². The molecule has 2 aliphatic heterocycles. The number of anilines is 1. The van der Waals surface area contributed by atoms with E-state index in [4.69, 9.17) is 11.6 Å². The summed E-state index contributed by atoms with van der Waals surface area (Å²) in [6, 6.07) is 12.9. The van der Waals surface area contributed by atoms with E-state index in [1.807, 2.05) is 44.2 Å². The zero-order valence-electron chi connectivity index (χ0n) is 16.2. The average Bonchev–Trinajstić information content (AvgIpc) is 2.94. The third kappa shape index (κ3) is 3.22. The number of amides is 2. The van der Waals surface area contributed by atoms with Gasteiger partial charge in [0.1, 0.15) is 5.70 Å². The van der Waals surface area contributed by atoms with Gasteiger partial charge in [-0.3, -0.25) is 9.59 Å². The van der Waals surface area contributed by atoms with Gasteiger partial charge in [0.25, 0.3) is 11.8 Å². The monoisotopic (exact) mass is 394 g/mol. The van der Waals surface area contributed by atoms with E-state index in [0.717, 1.165) is 49.0 Å². The summed E-state index contributed by atoms with van der Waals surface area (Å²) in [4.78, 5) is 30.4. The lowest BCUT2D eigenvalue weighted by atomic mass is 10.0. The minimum Gasteiger partial charge on any atom is -0.366 e. The Hall–Kier alpha value is -2.59. The highest BCUT2D eigenvalue weighted by Gasteiger charge is 2.43. The van der Waals surface area contributed by atoms with Crippen LogP contribution in [-0.2, 0) is 9.59 Å². The molecule has 0 bridgehead atoms. The van der Waals surface area contributed by atoms with E-state index in [9.17, 15) is 9.59 Å². The lowest BCUT2D eigenvalue weighted by molar-refractivity contribution is -0.120. The third-order valence-electron chi connectivity index (χ3n) is 5.46.